The average molecular weight is 782 g/mol. The van der Waals surface area contributed by atoms with Crippen molar-refractivity contribution in [2.45, 2.75) is 38.9 Å². The average Bonchev–Trinajstić information content (AvgIpc) is 3.11. The molecule has 308 valence electrons. The quantitative estimate of drug-likeness (QED) is 0.0437. The van der Waals surface area contributed by atoms with Gasteiger partial charge >= 0.3 is 0 Å². The lowest BCUT2D eigenvalue weighted by Gasteiger charge is -2.36. The van der Waals surface area contributed by atoms with E-state index in [0.717, 1.165) is 6.07 Å². The third-order valence-electron chi connectivity index (χ3n) is 7.80. The number of nitro groups is 2. The van der Waals surface area contributed by atoms with Crippen molar-refractivity contribution in [3.63, 3.8) is 0 Å². The Morgan fingerprint density at radius 1 is 0.528 bits per heavy atom. The van der Waals surface area contributed by atoms with Crippen molar-refractivity contribution in [1.29, 1.82) is 0 Å². The Kier molecular flexibility index (Phi) is 28.3. The van der Waals surface area contributed by atoms with Crippen LogP contribution in [-0.2, 0) is 51.8 Å². The monoisotopic (exact) mass is 781 g/mol. The molecule has 1 N–H and O–H groups in total. The zero-order chi connectivity index (χ0) is 39.0. The second-order valence-corrected chi connectivity index (χ2v) is 17.7. The molecule has 0 aliphatic rings. The molecule has 0 aliphatic heterocycles. The van der Waals surface area contributed by atoms with E-state index in [1.54, 1.807) is 0 Å². The molecule has 0 heterocycles. The first kappa shape index (κ1) is 48.6. The molecule has 0 fully saturated rings. The first-order valence-electron chi connectivity index (χ1n) is 18.0. The molecular weight excluding hydrogens is 718 g/mol. The number of non-ortho nitro benzene ring substituents is 1. The minimum absolute atomic E-state index is 0.186. The maximum Gasteiger partial charge on any atom is 0.299 e. The number of hydrogen-bond donors (Lipinski definition) is 1. The minimum Gasteiger partial charge on any atom is -0.414 e. The normalized spacial score (nSPS) is 12.0. The number of ether oxygens (including phenoxy) is 10. The second kappa shape index (κ2) is 30.9. The molecule has 18 nitrogen and oxygen atoms in total. The van der Waals surface area contributed by atoms with Crippen LogP contribution in [-0.4, -0.2) is 163 Å². The molecule has 0 bridgehead atoms. The lowest BCUT2D eigenvalue weighted by Crippen LogP contribution is -2.41. The van der Waals surface area contributed by atoms with Crippen molar-refractivity contribution >= 4 is 25.4 Å². The van der Waals surface area contributed by atoms with Gasteiger partial charge in [-0.2, -0.15) is 0 Å². The van der Waals surface area contributed by atoms with Gasteiger partial charge in [-0.05, 0) is 24.2 Å². The summed E-state index contributed by atoms with van der Waals surface area (Å²) >= 11 is 0. The highest BCUT2D eigenvalue weighted by molar-refractivity contribution is 6.74. The Bertz CT molecular complexity index is 1080. The van der Waals surface area contributed by atoms with Gasteiger partial charge in [-0.25, -0.2) is 0 Å². The predicted molar refractivity (Wildman–Crippen MR) is 200 cm³/mol. The van der Waals surface area contributed by atoms with Crippen molar-refractivity contribution in [1.82, 2.24) is 0 Å². The molecule has 0 saturated heterocycles. The molecule has 0 unspecified atom stereocenters. The molecule has 0 atom stereocenters. The van der Waals surface area contributed by atoms with Crippen LogP contribution in [0.3, 0.4) is 0 Å². The summed E-state index contributed by atoms with van der Waals surface area (Å²) in [4.78, 5) is 20.6. The summed E-state index contributed by atoms with van der Waals surface area (Å²) in [6, 6.07) is 3.43. The minimum atomic E-state index is -1.71. The molecular formula is C34H63N3O15Si. The van der Waals surface area contributed by atoms with Crippen LogP contribution in [0, 0.1) is 20.2 Å². The van der Waals surface area contributed by atoms with Crippen LogP contribution in [0.4, 0.5) is 17.1 Å². The van der Waals surface area contributed by atoms with Crippen LogP contribution < -0.4 is 5.32 Å². The summed E-state index contributed by atoms with van der Waals surface area (Å²) in [5, 5.41) is 25.0. The zero-order valence-corrected chi connectivity index (χ0v) is 33.3. The van der Waals surface area contributed by atoms with E-state index in [9.17, 15) is 20.2 Å². The Hall–Kier alpha value is -2.40. The van der Waals surface area contributed by atoms with Gasteiger partial charge in [-0.1, -0.05) is 20.8 Å². The zero-order valence-electron chi connectivity index (χ0n) is 32.3. The lowest BCUT2D eigenvalue weighted by molar-refractivity contribution is -0.393. The Morgan fingerprint density at radius 2 is 0.849 bits per heavy atom. The van der Waals surface area contributed by atoms with Gasteiger partial charge in [0, 0.05) is 12.6 Å². The van der Waals surface area contributed by atoms with E-state index in [1.807, 2.05) is 0 Å². The van der Waals surface area contributed by atoms with Gasteiger partial charge in [0.25, 0.3) is 11.4 Å². The maximum atomic E-state index is 11.2. The lowest BCUT2D eigenvalue weighted by atomic mass is 10.2. The summed E-state index contributed by atoms with van der Waals surface area (Å²) in [6.45, 7) is 21.2. The fourth-order valence-electron chi connectivity index (χ4n) is 3.85. The fourth-order valence-corrected chi connectivity index (χ4v) is 4.87. The first-order chi connectivity index (χ1) is 25.5. The summed E-state index contributed by atoms with van der Waals surface area (Å²) in [5.41, 5.74) is -0.525. The predicted octanol–water partition coefficient (Wildman–Crippen LogP) is 4.10. The Morgan fingerprint density at radius 3 is 1.15 bits per heavy atom. The van der Waals surface area contributed by atoms with E-state index in [0.29, 0.717) is 139 Å². The van der Waals surface area contributed by atoms with E-state index in [2.05, 4.69) is 39.2 Å². The van der Waals surface area contributed by atoms with E-state index in [1.165, 1.54) is 12.1 Å². The third-order valence-corrected chi connectivity index (χ3v) is 12.3. The number of rotatable bonds is 37. The van der Waals surface area contributed by atoms with Crippen LogP contribution in [0.25, 0.3) is 0 Å². The van der Waals surface area contributed by atoms with Crippen LogP contribution >= 0.6 is 0 Å². The third kappa shape index (κ3) is 26.1. The molecule has 0 aliphatic carbocycles. The number of benzene rings is 1. The van der Waals surface area contributed by atoms with Gasteiger partial charge < -0.3 is 57.1 Å². The summed E-state index contributed by atoms with van der Waals surface area (Å²) in [7, 11) is -1.71. The molecule has 53 heavy (non-hydrogen) atoms. The molecule has 1 rings (SSSR count). The molecule has 19 heteroatoms. The van der Waals surface area contributed by atoms with E-state index in [-0.39, 0.29) is 28.7 Å². The molecule has 0 spiro atoms. The highest BCUT2D eigenvalue weighted by Crippen LogP contribution is 2.36. The standard InChI is InChI=1S/C34H63N3O15Si/c1-34(2,3)53(4,5)52-29-28-51-27-26-50-25-24-49-23-22-48-21-20-47-19-18-46-17-16-45-15-14-44-13-12-43-11-10-42-9-8-35-32-7-6-31(36(38)39)30-33(32)37(40)41/h6-7,30,35H,8-29H2,1-5H3. The molecule has 1 aromatic rings. The van der Waals surface area contributed by atoms with Gasteiger partial charge in [0.05, 0.1) is 155 Å². The van der Waals surface area contributed by atoms with Crippen molar-refractivity contribution in [3.8, 4) is 0 Å². The number of anilines is 1. The summed E-state index contributed by atoms with van der Waals surface area (Å²) in [6.07, 6.45) is 0. The second-order valence-electron chi connectivity index (χ2n) is 12.9. The van der Waals surface area contributed by atoms with Crippen molar-refractivity contribution in [3.05, 3.63) is 38.4 Å². The van der Waals surface area contributed by atoms with Crippen molar-refractivity contribution in [2.24, 2.45) is 0 Å². The van der Waals surface area contributed by atoms with E-state index < -0.39 is 18.2 Å². The first-order valence-corrected chi connectivity index (χ1v) is 20.9. The highest BCUT2D eigenvalue weighted by atomic mass is 28.4. The fraction of sp³-hybridized carbons (Fsp3) is 0.824. The number of nitrogens with one attached hydrogen (secondary N) is 1. The Balaban J connectivity index is 1.73. The Labute approximate surface area is 314 Å². The molecule has 0 saturated carbocycles. The molecule has 0 amide bonds. The number of nitrogens with zero attached hydrogens (tertiary/aromatic N) is 2. The number of hydrogen-bond acceptors (Lipinski definition) is 16. The van der Waals surface area contributed by atoms with Gasteiger partial charge in [0.15, 0.2) is 8.32 Å². The maximum absolute atomic E-state index is 11.2. The summed E-state index contributed by atoms with van der Waals surface area (Å²) < 4.78 is 60.9. The van der Waals surface area contributed by atoms with Gasteiger partial charge in [0.2, 0.25) is 0 Å². The van der Waals surface area contributed by atoms with Crippen LogP contribution in [0.2, 0.25) is 18.1 Å². The highest BCUT2D eigenvalue weighted by Gasteiger charge is 2.36. The van der Waals surface area contributed by atoms with Crippen molar-refractivity contribution < 1.29 is 61.6 Å². The SMILES string of the molecule is CC(C)(C)[Si](C)(C)OCCOCCOCCOCCOCCOCCOCCOCCOCCOCCOCCNc1ccc([N+](=O)[O-])cc1[N+](=O)[O-]. The van der Waals surface area contributed by atoms with Crippen molar-refractivity contribution in [2.75, 3.05) is 151 Å². The van der Waals surface area contributed by atoms with Crippen LogP contribution in [0.15, 0.2) is 18.2 Å². The van der Waals surface area contributed by atoms with E-state index >= 15 is 0 Å². The van der Waals surface area contributed by atoms with Gasteiger partial charge in [-0.15, -0.1) is 0 Å². The smallest absolute Gasteiger partial charge is 0.299 e. The molecule has 0 radical (unpaired) electrons. The molecule has 0 aromatic heterocycles. The largest absolute Gasteiger partial charge is 0.414 e. The van der Waals surface area contributed by atoms with Crippen LogP contribution in [0.5, 0.6) is 0 Å². The van der Waals surface area contributed by atoms with E-state index in [4.69, 9.17) is 51.8 Å². The van der Waals surface area contributed by atoms with Crippen LogP contribution in [0.1, 0.15) is 20.8 Å². The summed E-state index contributed by atoms with van der Waals surface area (Å²) in [5.74, 6) is 0. The van der Waals surface area contributed by atoms with Gasteiger partial charge in [0.1, 0.15) is 5.69 Å². The topological polar surface area (TPSA) is 200 Å². The van der Waals surface area contributed by atoms with Gasteiger partial charge in [-0.3, -0.25) is 20.2 Å². The number of nitro benzene ring substituents is 2. The molecule has 1 aromatic carbocycles.